The fourth-order valence-electron chi connectivity index (χ4n) is 0.918. The second-order valence-electron chi connectivity index (χ2n) is 2.56. The number of anilines is 1. The maximum Gasteiger partial charge on any atom is 0.128 e. The van der Waals surface area contributed by atoms with Gasteiger partial charge in [0.05, 0.1) is 0 Å². The van der Waals surface area contributed by atoms with Crippen LogP contribution in [-0.2, 0) is 0 Å². The van der Waals surface area contributed by atoms with Gasteiger partial charge in [0.15, 0.2) is 0 Å². The van der Waals surface area contributed by atoms with Crippen LogP contribution >= 0.6 is 15.9 Å². The zero-order valence-corrected chi connectivity index (χ0v) is 8.58. The number of nitrogens with zero attached hydrogens (tertiary/aromatic N) is 2. The summed E-state index contributed by atoms with van der Waals surface area (Å²) in [6, 6.07) is 5.84. The van der Waals surface area contributed by atoms with Crippen LogP contribution < -0.4 is 4.90 Å². The highest BCUT2D eigenvalue weighted by Crippen LogP contribution is 2.10. The number of hydrogen-bond donors (Lipinski definition) is 0. The first-order chi connectivity index (χ1) is 5.70. The van der Waals surface area contributed by atoms with E-state index in [-0.39, 0.29) is 0 Å². The fourth-order valence-corrected chi connectivity index (χ4v) is 1.29. The summed E-state index contributed by atoms with van der Waals surface area (Å²) >= 11 is 3.31. The van der Waals surface area contributed by atoms with Gasteiger partial charge in [-0.2, -0.15) is 0 Å². The van der Waals surface area contributed by atoms with Gasteiger partial charge >= 0.3 is 0 Å². The van der Waals surface area contributed by atoms with Crippen LogP contribution in [0.2, 0.25) is 0 Å². The van der Waals surface area contributed by atoms with E-state index in [0.717, 1.165) is 16.8 Å². The van der Waals surface area contributed by atoms with Crippen molar-refractivity contribution in [3.63, 3.8) is 0 Å². The van der Waals surface area contributed by atoms with Crippen molar-refractivity contribution in [1.82, 2.24) is 4.98 Å². The molecule has 0 aliphatic carbocycles. The van der Waals surface area contributed by atoms with Crippen molar-refractivity contribution in [3.8, 4) is 0 Å². The van der Waals surface area contributed by atoms with E-state index in [1.807, 2.05) is 30.1 Å². The molecule has 0 N–H and O–H groups in total. The summed E-state index contributed by atoms with van der Waals surface area (Å²) in [5.74, 6) is 0.957. The second kappa shape index (κ2) is 4.26. The monoisotopic (exact) mass is 226 g/mol. The lowest BCUT2D eigenvalue weighted by Crippen LogP contribution is -2.19. The lowest BCUT2D eigenvalue weighted by atomic mass is 10.4. The van der Waals surface area contributed by atoms with E-state index in [1.54, 1.807) is 6.20 Å². The third-order valence-corrected chi connectivity index (χ3v) is 1.70. The van der Waals surface area contributed by atoms with Crippen molar-refractivity contribution in [3.05, 3.63) is 35.5 Å². The Hall–Kier alpha value is -0.830. The highest BCUT2D eigenvalue weighted by atomic mass is 79.9. The first-order valence-electron chi connectivity index (χ1n) is 3.65. The molecule has 0 aliphatic rings. The third kappa shape index (κ3) is 2.66. The molecule has 12 heavy (non-hydrogen) atoms. The van der Waals surface area contributed by atoms with Gasteiger partial charge < -0.3 is 4.90 Å². The Morgan fingerprint density at radius 2 is 2.42 bits per heavy atom. The summed E-state index contributed by atoms with van der Waals surface area (Å²) in [7, 11) is 1.98. The van der Waals surface area contributed by atoms with Gasteiger partial charge in [-0.05, 0) is 12.1 Å². The predicted molar refractivity (Wildman–Crippen MR) is 55.6 cm³/mol. The minimum absolute atomic E-state index is 0.775. The van der Waals surface area contributed by atoms with Crippen molar-refractivity contribution in [2.45, 2.75) is 0 Å². The predicted octanol–water partition coefficient (Wildman–Crippen LogP) is 2.43. The van der Waals surface area contributed by atoms with Gasteiger partial charge in [-0.15, -0.1) is 0 Å². The fraction of sp³-hybridized carbons (Fsp3) is 0.222. The topological polar surface area (TPSA) is 16.1 Å². The van der Waals surface area contributed by atoms with Crippen LogP contribution in [0.15, 0.2) is 35.5 Å². The summed E-state index contributed by atoms with van der Waals surface area (Å²) < 4.78 is 0.954. The molecule has 0 saturated heterocycles. The molecule has 1 heterocycles. The highest BCUT2D eigenvalue weighted by Gasteiger charge is 2.00. The zero-order chi connectivity index (χ0) is 8.97. The molecule has 1 aromatic heterocycles. The van der Waals surface area contributed by atoms with Crippen molar-refractivity contribution in [2.75, 3.05) is 18.5 Å². The van der Waals surface area contributed by atoms with Gasteiger partial charge in [-0.3, -0.25) is 0 Å². The molecule has 1 rings (SSSR count). The lowest BCUT2D eigenvalue weighted by Gasteiger charge is -2.16. The molecule has 0 spiro atoms. The van der Waals surface area contributed by atoms with E-state index < -0.39 is 0 Å². The van der Waals surface area contributed by atoms with Crippen molar-refractivity contribution >= 4 is 21.7 Å². The maximum absolute atomic E-state index is 4.20. The Bertz CT molecular complexity index is 258. The molecule has 0 bridgehead atoms. The van der Waals surface area contributed by atoms with Crippen LogP contribution in [0.1, 0.15) is 0 Å². The van der Waals surface area contributed by atoms with Crippen LogP contribution in [0, 0.1) is 0 Å². The molecule has 1 aromatic rings. The first-order valence-corrected chi connectivity index (χ1v) is 4.45. The summed E-state index contributed by atoms with van der Waals surface area (Å²) in [5, 5.41) is 0. The Morgan fingerprint density at radius 3 is 2.92 bits per heavy atom. The maximum atomic E-state index is 4.20. The third-order valence-electron chi connectivity index (χ3n) is 1.45. The SMILES string of the molecule is C=C(Br)CN(C)c1ccccn1. The molecular weight excluding hydrogens is 216 g/mol. The molecule has 0 aliphatic heterocycles. The molecule has 0 amide bonds. The smallest absolute Gasteiger partial charge is 0.128 e. The standard InChI is InChI=1S/C9H11BrN2/c1-8(10)7-12(2)9-5-3-4-6-11-9/h3-6H,1,7H2,2H3. The van der Waals surface area contributed by atoms with E-state index in [2.05, 4.69) is 27.5 Å². The number of pyridine rings is 1. The molecule has 0 fully saturated rings. The quantitative estimate of drug-likeness (QED) is 0.788. The number of aromatic nitrogens is 1. The van der Waals surface area contributed by atoms with Crippen molar-refractivity contribution in [2.24, 2.45) is 0 Å². The van der Waals surface area contributed by atoms with E-state index in [0.29, 0.717) is 0 Å². The molecular formula is C9H11BrN2. The van der Waals surface area contributed by atoms with Crippen LogP contribution in [0.4, 0.5) is 5.82 Å². The van der Waals surface area contributed by atoms with E-state index in [1.165, 1.54) is 0 Å². The van der Waals surface area contributed by atoms with Crippen molar-refractivity contribution < 1.29 is 0 Å². The van der Waals surface area contributed by atoms with Crippen LogP contribution in [0.25, 0.3) is 0 Å². The van der Waals surface area contributed by atoms with Gasteiger partial charge in [-0.1, -0.05) is 28.6 Å². The normalized spacial score (nSPS) is 9.50. The Labute approximate surface area is 81.0 Å². The number of hydrogen-bond acceptors (Lipinski definition) is 2. The average molecular weight is 227 g/mol. The van der Waals surface area contributed by atoms with Crippen LogP contribution in [0.3, 0.4) is 0 Å². The van der Waals surface area contributed by atoms with E-state index >= 15 is 0 Å². The molecule has 2 nitrogen and oxygen atoms in total. The van der Waals surface area contributed by atoms with Gasteiger partial charge in [0.2, 0.25) is 0 Å². The number of likely N-dealkylation sites (N-methyl/N-ethyl adjacent to an activating group) is 1. The lowest BCUT2D eigenvalue weighted by molar-refractivity contribution is 0.986. The second-order valence-corrected chi connectivity index (χ2v) is 3.68. The largest absolute Gasteiger partial charge is 0.355 e. The number of halogens is 1. The van der Waals surface area contributed by atoms with Crippen molar-refractivity contribution in [1.29, 1.82) is 0 Å². The molecule has 0 unspecified atom stereocenters. The Kier molecular flexibility index (Phi) is 3.29. The first kappa shape index (κ1) is 9.26. The van der Waals surface area contributed by atoms with Gasteiger partial charge in [0.1, 0.15) is 5.82 Å². The summed E-state index contributed by atoms with van der Waals surface area (Å²) in [6.07, 6.45) is 1.78. The average Bonchev–Trinajstić information content (AvgIpc) is 2.05. The zero-order valence-electron chi connectivity index (χ0n) is 7.00. The van der Waals surface area contributed by atoms with Gasteiger partial charge in [0.25, 0.3) is 0 Å². The Morgan fingerprint density at radius 1 is 1.67 bits per heavy atom. The molecule has 0 atom stereocenters. The molecule has 64 valence electrons. The van der Waals surface area contributed by atoms with E-state index in [9.17, 15) is 0 Å². The molecule has 0 saturated carbocycles. The van der Waals surface area contributed by atoms with Gasteiger partial charge in [-0.25, -0.2) is 4.98 Å². The molecule has 3 heteroatoms. The van der Waals surface area contributed by atoms with Gasteiger partial charge in [0, 0.05) is 24.3 Å². The minimum Gasteiger partial charge on any atom is -0.355 e. The van der Waals surface area contributed by atoms with Crippen LogP contribution in [-0.4, -0.2) is 18.6 Å². The summed E-state index contributed by atoms with van der Waals surface area (Å²) in [4.78, 5) is 6.22. The minimum atomic E-state index is 0.775. The molecule has 0 aromatic carbocycles. The highest BCUT2D eigenvalue weighted by molar-refractivity contribution is 9.11. The summed E-state index contributed by atoms with van der Waals surface area (Å²) in [5.41, 5.74) is 0. The molecule has 0 radical (unpaired) electrons. The van der Waals surface area contributed by atoms with E-state index in [4.69, 9.17) is 0 Å². The van der Waals surface area contributed by atoms with Crippen LogP contribution in [0.5, 0.6) is 0 Å². The summed E-state index contributed by atoms with van der Waals surface area (Å²) in [6.45, 7) is 4.54. The Balaban J connectivity index is 2.65. The number of rotatable bonds is 3.